The van der Waals surface area contributed by atoms with Gasteiger partial charge in [-0.25, -0.2) is 4.68 Å². The lowest BCUT2D eigenvalue weighted by Crippen LogP contribution is -2.21. The molecule has 6 heteroatoms. The first-order valence-corrected chi connectivity index (χ1v) is 10.3. The topological polar surface area (TPSA) is 69.0 Å². The summed E-state index contributed by atoms with van der Waals surface area (Å²) in [6.45, 7) is 9.90. The first-order chi connectivity index (χ1) is 14.8. The quantitative estimate of drug-likeness (QED) is 0.500. The summed E-state index contributed by atoms with van der Waals surface area (Å²) in [6, 6.07) is 15.8. The standard InChI is InChI=1S/C25H26N4O2/c1-15-9-11-20(12-10-15)29-25-24(19(5)28-29)17(3)13-23(27-25)31-14-22(30)26-21-8-6-7-16(2)18(21)4/h6-13H,14H2,1-5H3,(H,26,30). The van der Waals surface area contributed by atoms with Crippen molar-refractivity contribution in [3.8, 4) is 11.6 Å². The molecule has 4 rings (SSSR count). The molecule has 31 heavy (non-hydrogen) atoms. The Bertz CT molecular complexity index is 1270. The first kappa shape index (κ1) is 20.6. The number of carbonyl (C=O) groups excluding carboxylic acids is 1. The Hall–Kier alpha value is -3.67. The zero-order valence-electron chi connectivity index (χ0n) is 18.5. The number of aryl methyl sites for hydroxylation is 4. The van der Waals surface area contributed by atoms with E-state index in [2.05, 4.69) is 15.4 Å². The van der Waals surface area contributed by atoms with Crippen molar-refractivity contribution in [3.05, 3.63) is 76.5 Å². The van der Waals surface area contributed by atoms with Crippen molar-refractivity contribution < 1.29 is 9.53 Å². The Morgan fingerprint density at radius 3 is 2.48 bits per heavy atom. The third-order valence-corrected chi connectivity index (χ3v) is 5.49. The number of hydrogen-bond donors (Lipinski definition) is 1. The summed E-state index contributed by atoms with van der Waals surface area (Å²) >= 11 is 0. The maximum absolute atomic E-state index is 12.4. The van der Waals surface area contributed by atoms with Gasteiger partial charge in [-0.3, -0.25) is 4.79 Å². The van der Waals surface area contributed by atoms with E-state index < -0.39 is 0 Å². The summed E-state index contributed by atoms with van der Waals surface area (Å²) in [6.07, 6.45) is 0. The molecule has 0 aliphatic carbocycles. The maximum atomic E-state index is 12.4. The van der Waals surface area contributed by atoms with E-state index in [9.17, 15) is 4.79 Å². The van der Waals surface area contributed by atoms with Crippen LogP contribution in [0.25, 0.3) is 16.7 Å². The molecule has 0 fully saturated rings. The predicted octanol–water partition coefficient (Wildman–Crippen LogP) is 4.98. The predicted molar refractivity (Wildman–Crippen MR) is 123 cm³/mol. The van der Waals surface area contributed by atoms with Gasteiger partial charge in [-0.15, -0.1) is 0 Å². The van der Waals surface area contributed by atoms with Gasteiger partial charge in [0.25, 0.3) is 5.91 Å². The number of fused-ring (bicyclic) bond motifs is 1. The van der Waals surface area contributed by atoms with Gasteiger partial charge in [0.2, 0.25) is 5.88 Å². The SMILES string of the molecule is Cc1ccc(-n2nc(C)c3c(C)cc(OCC(=O)Nc4cccc(C)c4C)nc32)cc1. The molecule has 0 atom stereocenters. The molecule has 2 aromatic heterocycles. The smallest absolute Gasteiger partial charge is 0.262 e. The number of rotatable bonds is 5. The lowest BCUT2D eigenvalue weighted by atomic mass is 10.1. The van der Waals surface area contributed by atoms with Crippen LogP contribution in [0, 0.1) is 34.6 Å². The number of ether oxygens (including phenoxy) is 1. The normalized spacial score (nSPS) is 11.0. The number of anilines is 1. The van der Waals surface area contributed by atoms with Gasteiger partial charge in [0.05, 0.1) is 11.4 Å². The van der Waals surface area contributed by atoms with Crippen LogP contribution in [-0.4, -0.2) is 27.3 Å². The van der Waals surface area contributed by atoms with E-state index in [1.807, 2.05) is 87.8 Å². The van der Waals surface area contributed by atoms with Crippen LogP contribution in [0.1, 0.15) is 27.9 Å². The number of amides is 1. The summed E-state index contributed by atoms with van der Waals surface area (Å²) in [4.78, 5) is 17.1. The van der Waals surface area contributed by atoms with Gasteiger partial charge in [0.15, 0.2) is 12.3 Å². The minimum absolute atomic E-state index is 0.122. The maximum Gasteiger partial charge on any atom is 0.262 e. The van der Waals surface area contributed by atoms with Gasteiger partial charge >= 0.3 is 0 Å². The average Bonchev–Trinajstić information content (AvgIpc) is 3.07. The van der Waals surface area contributed by atoms with E-state index in [1.54, 1.807) is 0 Å². The van der Waals surface area contributed by atoms with E-state index >= 15 is 0 Å². The molecule has 2 heterocycles. The molecule has 6 nitrogen and oxygen atoms in total. The van der Waals surface area contributed by atoms with Gasteiger partial charge in [0, 0.05) is 17.1 Å². The van der Waals surface area contributed by atoms with Crippen molar-refractivity contribution in [2.45, 2.75) is 34.6 Å². The monoisotopic (exact) mass is 414 g/mol. The lowest BCUT2D eigenvalue weighted by Gasteiger charge is -2.11. The molecule has 0 bridgehead atoms. The van der Waals surface area contributed by atoms with Crippen molar-refractivity contribution in [3.63, 3.8) is 0 Å². The molecule has 1 amide bonds. The third kappa shape index (κ3) is 4.14. The molecule has 4 aromatic rings. The molecule has 0 spiro atoms. The molecular weight excluding hydrogens is 388 g/mol. The number of benzene rings is 2. The van der Waals surface area contributed by atoms with E-state index in [0.29, 0.717) is 11.5 Å². The molecule has 0 saturated heterocycles. The van der Waals surface area contributed by atoms with Gasteiger partial charge in [-0.1, -0.05) is 29.8 Å². The molecule has 0 saturated carbocycles. The highest BCUT2D eigenvalue weighted by atomic mass is 16.5. The van der Waals surface area contributed by atoms with Crippen molar-refractivity contribution in [2.75, 3.05) is 11.9 Å². The molecule has 158 valence electrons. The summed E-state index contributed by atoms with van der Waals surface area (Å²) in [5.41, 5.74) is 7.70. The van der Waals surface area contributed by atoms with Crippen LogP contribution in [0.3, 0.4) is 0 Å². The highest BCUT2D eigenvalue weighted by Crippen LogP contribution is 2.27. The fraction of sp³-hybridized carbons (Fsp3) is 0.240. The van der Waals surface area contributed by atoms with Crippen LogP contribution >= 0.6 is 0 Å². The minimum Gasteiger partial charge on any atom is -0.467 e. The summed E-state index contributed by atoms with van der Waals surface area (Å²) in [5, 5.41) is 8.58. The van der Waals surface area contributed by atoms with E-state index in [-0.39, 0.29) is 12.5 Å². The number of pyridine rings is 1. The van der Waals surface area contributed by atoms with Gasteiger partial charge < -0.3 is 10.1 Å². The highest BCUT2D eigenvalue weighted by molar-refractivity contribution is 5.92. The Morgan fingerprint density at radius 2 is 1.74 bits per heavy atom. The van der Waals surface area contributed by atoms with Crippen LogP contribution in [0.15, 0.2) is 48.5 Å². The Kier molecular flexibility index (Phi) is 5.46. The fourth-order valence-corrected chi connectivity index (χ4v) is 3.63. The van der Waals surface area contributed by atoms with Crippen LogP contribution in [-0.2, 0) is 4.79 Å². The minimum atomic E-state index is -0.225. The summed E-state index contributed by atoms with van der Waals surface area (Å²) in [5.74, 6) is 0.172. The zero-order chi connectivity index (χ0) is 22.1. The highest BCUT2D eigenvalue weighted by Gasteiger charge is 2.16. The third-order valence-electron chi connectivity index (χ3n) is 5.49. The van der Waals surface area contributed by atoms with Crippen LogP contribution < -0.4 is 10.1 Å². The second-order valence-corrected chi connectivity index (χ2v) is 7.89. The van der Waals surface area contributed by atoms with Crippen molar-refractivity contribution >= 4 is 22.6 Å². The molecule has 0 radical (unpaired) electrons. The second-order valence-electron chi connectivity index (χ2n) is 7.89. The van der Waals surface area contributed by atoms with Gasteiger partial charge in [-0.2, -0.15) is 10.1 Å². The summed E-state index contributed by atoms with van der Waals surface area (Å²) < 4.78 is 7.57. The molecule has 2 aromatic carbocycles. The molecule has 0 unspecified atom stereocenters. The lowest BCUT2D eigenvalue weighted by molar-refractivity contribution is -0.118. The van der Waals surface area contributed by atoms with Gasteiger partial charge in [-0.05, 0) is 69.5 Å². The zero-order valence-corrected chi connectivity index (χ0v) is 18.5. The van der Waals surface area contributed by atoms with Crippen LogP contribution in [0.5, 0.6) is 5.88 Å². The number of nitrogens with one attached hydrogen (secondary N) is 1. The molecule has 0 aliphatic rings. The van der Waals surface area contributed by atoms with Crippen molar-refractivity contribution in [1.82, 2.24) is 14.8 Å². The summed E-state index contributed by atoms with van der Waals surface area (Å²) in [7, 11) is 0. The first-order valence-electron chi connectivity index (χ1n) is 10.3. The number of hydrogen-bond acceptors (Lipinski definition) is 4. The molecule has 0 aliphatic heterocycles. The van der Waals surface area contributed by atoms with E-state index in [1.165, 1.54) is 5.56 Å². The average molecular weight is 415 g/mol. The number of carbonyl (C=O) groups is 1. The van der Waals surface area contributed by atoms with Crippen molar-refractivity contribution in [2.24, 2.45) is 0 Å². The molecular formula is C25H26N4O2. The largest absolute Gasteiger partial charge is 0.467 e. The van der Waals surface area contributed by atoms with E-state index in [0.717, 1.165) is 39.1 Å². The van der Waals surface area contributed by atoms with Crippen LogP contribution in [0.4, 0.5) is 5.69 Å². The van der Waals surface area contributed by atoms with Gasteiger partial charge in [0.1, 0.15) is 0 Å². The van der Waals surface area contributed by atoms with Crippen molar-refractivity contribution in [1.29, 1.82) is 0 Å². The Morgan fingerprint density at radius 1 is 1.00 bits per heavy atom. The fourth-order valence-electron chi connectivity index (χ4n) is 3.63. The van der Waals surface area contributed by atoms with E-state index in [4.69, 9.17) is 4.74 Å². The number of nitrogens with zero attached hydrogens (tertiary/aromatic N) is 3. The second kappa shape index (κ2) is 8.22. The Balaban J connectivity index is 1.58. The number of aromatic nitrogens is 3. The van der Waals surface area contributed by atoms with Crippen LogP contribution in [0.2, 0.25) is 0 Å². The Labute approximate surface area is 181 Å². The molecule has 1 N–H and O–H groups in total.